The van der Waals surface area contributed by atoms with E-state index < -0.39 is 0 Å². The molecule has 0 aromatic carbocycles. The van der Waals surface area contributed by atoms with Crippen LogP contribution in [0.15, 0.2) is 0 Å². The Morgan fingerprint density at radius 2 is 2.08 bits per heavy atom. The van der Waals surface area contributed by atoms with E-state index in [2.05, 4.69) is 15.9 Å². The highest BCUT2D eigenvalue weighted by atomic mass is 79.9. The van der Waals surface area contributed by atoms with Crippen molar-refractivity contribution < 1.29 is 9.47 Å². The first kappa shape index (κ1) is 8.97. The summed E-state index contributed by atoms with van der Waals surface area (Å²) < 4.78 is 11.6. The van der Waals surface area contributed by atoms with Gasteiger partial charge in [-0.25, -0.2) is 0 Å². The van der Waals surface area contributed by atoms with Crippen LogP contribution < -0.4 is 0 Å². The van der Waals surface area contributed by atoms with E-state index in [4.69, 9.17) is 9.47 Å². The van der Waals surface area contributed by atoms with E-state index in [0.717, 1.165) is 11.8 Å². The van der Waals surface area contributed by atoms with E-state index in [1.165, 1.54) is 6.42 Å². The zero-order chi connectivity index (χ0) is 8.77. The normalized spacial score (nSPS) is 44.8. The lowest BCUT2D eigenvalue weighted by Gasteiger charge is -2.20. The minimum Gasteiger partial charge on any atom is -0.345 e. The number of rotatable bonds is 1. The van der Waals surface area contributed by atoms with E-state index in [0.29, 0.717) is 18.1 Å². The Labute approximate surface area is 81.7 Å². The maximum Gasteiger partial charge on any atom is 0.163 e. The second-order valence-corrected chi connectivity index (χ2v) is 4.78. The molecular weight excluding hydrogens is 220 g/mol. The zero-order valence-corrected chi connectivity index (χ0v) is 9.13. The quantitative estimate of drug-likeness (QED) is 0.649. The number of halogens is 1. The van der Waals surface area contributed by atoms with Gasteiger partial charge in [-0.1, -0.05) is 15.9 Å². The first-order chi connectivity index (χ1) is 5.62. The van der Waals surface area contributed by atoms with Gasteiger partial charge in [0.15, 0.2) is 5.79 Å². The summed E-state index contributed by atoms with van der Waals surface area (Å²) in [5, 5.41) is 1.04. The summed E-state index contributed by atoms with van der Waals surface area (Å²) in [4.78, 5) is 0. The molecule has 3 atom stereocenters. The summed E-state index contributed by atoms with van der Waals surface area (Å²) in [5.41, 5.74) is 0. The Morgan fingerprint density at radius 1 is 1.33 bits per heavy atom. The van der Waals surface area contributed by atoms with Gasteiger partial charge in [0.25, 0.3) is 0 Å². The van der Waals surface area contributed by atoms with Crippen LogP contribution in [-0.2, 0) is 9.47 Å². The highest BCUT2D eigenvalue weighted by molar-refractivity contribution is 9.09. The van der Waals surface area contributed by atoms with Crippen molar-refractivity contribution in [1.82, 2.24) is 0 Å². The van der Waals surface area contributed by atoms with Gasteiger partial charge in [-0.3, -0.25) is 0 Å². The average Bonchev–Trinajstić information content (AvgIpc) is 2.42. The maximum absolute atomic E-state index is 5.82. The Morgan fingerprint density at radius 3 is 2.75 bits per heavy atom. The predicted octanol–water partition coefficient (Wildman–Crippen LogP) is 2.31. The number of alkyl halides is 1. The minimum atomic E-state index is -0.351. The first-order valence-corrected chi connectivity index (χ1v) is 5.66. The number of hydrogen-bond acceptors (Lipinski definition) is 2. The van der Waals surface area contributed by atoms with Crippen molar-refractivity contribution in [2.75, 3.05) is 5.33 Å². The van der Waals surface area contributed by atoms with E-state index >= 15 is 0 Å². The van der Waals surface area contributed by atoms with Gasteiger partial charge in [0, 0.05) is 5.33 Å². The van der Waals surface area contributed by atoms with E-state index in [1.54, 1.807) is 0 Å². The second kappa shape index (κ2) is 2.96. The number of hydrogen-bond donors (Lipinski definition) is 0. The van der Waals surface area contributed by atoms with Crippen LogP contribution in [0.5, 0.6) is 0 Å². The molecule has 0 aromatic heterocycles. The molecule has 2 aliphatic rings. The monoisotopic (exact) mass is 234 g/mol. The fraction of sp³-hybridized carbons (Fsp3) is 1.00. The molecule has 1 heterocycles. The summed E-state index contributed by atoms with van der Waals surface area (Å²) in [6, 6.07) is 0. The molecule has 1 saturated carbocycles. The van der Waals surface area contributed by atoms with Crippen LogP contribution in [0.3, 0.4) is 0 Å². The van der Waals surface area contributed by atoms with E-state index in [1.807, 2.05) is 13.8 Å². The first-order valence-electron chi connectivity index (χ1n) is 4.54. The van der Waals surface area contributed by atoms with Gasteiger partial charge < -0.3 is 9.47 Å². The number of fused-ring (bicyclic) bond motifs is 1. The predicted molar refractivity (Wildman–Crippen MR) is 50.3 cm³/mol. The van der Waals surface area contributed by atoms with Crippen LogP contribution in [-0.4, -0.2) is 23.3 Å². The standard InChI is InChI=1S/C9H15BrO2/c1-9(2)11-7-4-3-6(5-10)8(7)12-9/h6-8H,3-5H2,1-2H3/t6-,7+,8-/m1/s1. The lowest BCUT2D eigenvalue weighted by Crippen LogP contribution is -2.25. The van der Waals surface area contributed by atoms with Crippen molar-refractivity contribution in [3.05, 3.63) is 0 Å². The molecule has 0 N–H and O–H groups in total. The summed E-state index contributed by atoms with van der Waals surface area (Å²) in [6.45, 7) is 3.99. The van der Waals surface area contributed by atoms with Crippen LogP contribution in [0, 0.1) is 5.92 Å². The van der Waals surface area contributed by atoms with Gasteiger partial charge in [0.2, 0.25) is 0 Å². The molecule has 2 nitrogen and oxygen atoms in total. The molecule has 3 heteroatoms. The molecule has 1 aliphatic heterocycles. The molecule has 0 bridgehead atoms. The van der Waals surface area contributed by atoms with Gasteiger partial charge in [0.05, 0.1) is 12.2 Å². The van der Waals surface area contributed by atoms with Crippen LogP contribution in [0.25, 0.3) is 0 Å². The molecule has 0 unspecified atom stereocenters. The van der Waals surface area contributed by atoms with Crippen LogP contribution in [0.1, 0.15) is 26.7 Å². The lowest BCUT2D eigenvalue weighted by atomic mass is 10.1. The summed E-state index contributed by atoms with van der Waals surface area (Å²) in [5.74, 6) is 0.299. The molecule has 0 radical (unpaired) electrons. The zero-order valence-electron chi connectivity index (χ0n) is 7.55. The molecule has 0 amide bonds. The Kier molecular flexibility index (Phi) is 2.22. The van der Waals surface area contributed by atoms with Gasteiger partial charge >= 0.3 is 0 Å². The van der Waals surface area contributed by atoms with Crippen LogP contribution in [0.4, 0.5) is 0 Å². The van der Waals surface area contributed by atoms with E-state index in [9.17, 15) is 0 Å². The van der Waals surface area contributed by atoms with Crippen molar-refractivity contribution in [3.8, 4) is 0 Å². The van der Waals surface area contributed by atoms with E-state index in [-0.39, 0.29) is 5.79 Å². The molecule has 70 valence electrons. The van der Waals surface area contributed by atoms with Crippen molar-refractivity contribution in [1.29, 1.82) is 0 Å². The smallest absolute Gasteiger partial charge is 0.163 e. The summed E-state index contributed by atoms with van der Waals surface area (Å²) in [6.07, 6.45) is 3.07. The maximum atomic E-state index is 5.82. The molecule has 0 aromatic rings. The summed E-state index contributed by atoms with van der Waals surface area (Å²) in [7, 11) is 0. The fourth-order valence-electron chi connectivity index (χ4n) is 2.19. The molecule has 2 rings (SSSR count). The average molecular weight is 235 g/mol. The van der Waals surface area contributed by atoms with Crippen molar-refractivity contribution in [3.63, 3.8) is 0 Å². The Bertz CT molecular complexity index is 181. The molecule has 1 saturated heterocycles. The van der Waals surface area contributed by atoms with Gasteiger partial charge in [0.1, 0.15) is 0 Å². The van der Waals surface area contributed by atoms with Crippen molar-refractivity contribution in [2.45, 2.75) is 44.7 Å². The topological polar surface area (TPSA) is 18.5 Å². The lowest BCUT2D eigenvalue weighted by molar-refractivity contribution is -0.155. The van der Waals surface area contributed by atoms with Crippen molar-refractivity contribution in [2.24, 2.45) is 5.92 Å². The van der Waals surface area contributed by atoms with Crippen molar-refractivity contribution >= 4 is 15.9 Å². The highest BCUT2D eigenvalue weighted by Gasteiger charge is 2.48. The molecule has 12 heavy (non-hydrogen) atoms. The fourth-order valence-corrected chi connectivity index (χ4v) is 2.89. The number of ether oxygens (including phenoxy) is 2. The SMILES string of the molecule is CC1(C)O[C@@H]2[C@@H](CBr)CC[C@@H]2O1. The van der Waals surface area contributed by atoms with Gasteiger partial charge in [-0.15, -0.1) is 0 Å². The third kappa shape index (κ3) is 1.42. The third-order valence-electron chi connectivity index (χ3n) is 2.71. The Balaban J connectivity index is 2.06. The third-order valence-corrected chi connectivity index (χ3v) is 3.54. The van der Waals surface area contributed by atoms with Gasteiger partial charge in [-0.2, -0.15) is 0 Å². The molecular formula is C9H15BrO2. The largest absolute Gasteiger partial charge is 0.345 e. The highest BCUT2D eigenvalue weighted by Crippen LogP contribution is 2.41. The van der Waals surface area contributed by atoms with Gasteiger partial charge in [-0.05, 0) is 32.6 Å². The summed E-state index contributed by atoms with van der Waals surface area (Å²) >= 11 is 3.51. The minimum absolute atomic E-state index is 0.333. The van der Waals surface area contributed by atoms with Crippen LogP contribution >= 0.6 is 15.9 Å². The van der Waals surface area contributed by atoms with Crippen LogP contribution in [0.2, 0.25) is 0 Å². The molecule has 1 aliphatic carbocycles. The molecule has 0 spiro atoms. The molecule has 2 fully saturated rings. The second-order valence-electron chi connectivity index (χ2n) is 4.13. The Hall–Kier alpha value is 0.400.